The maximum Gasteiger partial charge on any atom is 0.320 e. The first-order valence-corrected chi connectivity index (χ1v) is 6.49. The van der Waals surface area contributed by atoms with Gasteiger partial charge in [-0.3, -0.25) is 15.5 Å². The Labute approximate surface area is 120 Å². The summed E-state index contributed by atoms with van der Waals surface area (Å²) in [6.07, 6.45) is 2.68. The van der Waals surface area contributed by atoms with Crippen molar-refractivity contribution in [1.29, 1.82) is 0 Å². The van der Waals surface area contributed by atoms with Gasteiger partial charge in [-0.1, -0.05) is 0 Å². The molecule has 2 rings (SSSR count). The Morgan fingerprint density at radius 3 is 2.84 bits per heavy atom. The molecule has 0 aromatic carbocycles. The molecule has 2 heterocycles. The summed E-state index contributed by atoms with van der Waals surface area (Å²) in [5, 5.41) is 11.6. The van der Waals surface area contributed by atoms with Crippen LogP contribution in [0, 0.1) is 10.1 Å². The molecule has 2 aromatic rings. The van der Waals surface area contributed by atoms with E-state index in [1.807, 2.05) is 0 Å². The highest BCUT2D eigenvalue weighted by atomic mass is 79.9. The van der Waals surface area contributed by atoms with E-state index in [0.29, 0.717) is 5.03 Å². The van der Waals surface area contributed by atoms with Gasteiger partial charge in [-0.05, 0) is 39.8 Å². The maximum absolute atomic E-state index is 10.9. The second kappa shape index (κ2) is 5.91. The molecule has 10 heteroatoms. The van der Waals surface area contributed by atoms with Gasteiger partial charge in [0.1, 0.15) is 11.2 Å². The number of anilines is 1. The molecule has 8 nitrogen and oxygen atoms in total. The monoisotopic (exact) mass is 342 g/mol. The van der Waals surface area contributed by atoms with Crippen LogP contribution in [0.25, 0.3) is 0 Å². The van der Waals surface area contributed by atoms with Crippen LogP contribution in [0.5, 0.6) is 0 Å². The smallest absolute Gasteiger partial charge is 0.292 e. The molecule has 0 saturated carbocycles. The van der Waals surface area contributed by atoms with Crippen LogP contribution in [-0.4, -0.2) is 19.9 Å². The maximum atomic E-state index is 10.9. The van der Waals surface area contributed by atoms with E-state index in [4.69, 9.17) is 5.84 Å². The SMILES string of the molecule is NNc1ncc([N+](=O)[O-])c(Sc2ncccc2Br)n1. The number of nitrogens with one attached hydrogen (secondary N) is 1. The van der Waals surface area contributed by atoms with Gasteiger partial charge in [0.15, 0.2) is 5.03 Å². The Morgan fingerprint density at radius 1 is 1.42 bits per heavy atom. The van der Waals surface area contributed by atoms with Gasteiger partial charge >= 0.3 is 5.69 Å². The van der Waals surface area contributed by atoms with Gasteiger partial charge in [0, 0.05) is 6.20 Å². The van der Waals surface area contributed by atoms with E-state index in [1.165, 1.54) is 0 Å². The van der Waals surface area contributed by atoms with Crippen molar-refractivity contribution in [3.05, 3.63) is 39.1 Å². The average molecular weight is 343 g/mol. The van der Waals surface area contributed by atoms with Crippen molar-refractivity contribution in [3.8, 4) is 0 Å². The Balaban J connectivity index is 2.43. The Kier molecular flexibility index (Phi) is 4.24. The molecule has 19 heavy (non-hydrogen) atoms. The van der Waals surface area contributed by atoms with Crippen LogP contribution in [0.1, 0.15) is 0 Å². The Bertz CT molecular complexity index is 625. The molecule has 0 aliphatic heterocycles. The zero-order valence-electron chi connectivity index (χ0n) is 9.28. The molecule has 0 radical (unpaired) electrons. The number of aromatic nitrogens is 3. The highest BCUT2D eigenvalue weighted by Gasteiger charge is 2.19. The van der Waals surface area contributed by atoms with Gasteiger partial charge < -0.3 is 0 Å². The largest absolute Gasteiger partial charge is 0.320 e. The van der Waals surface area contributed by atoms with Crippen LogP contribution in [0.4, 0.5) is 11.6 Å². The number of halogens is 1. The van der Waals surface area contributed by atoms with Crippen LogP contribution in [0.15, 0.2) is 39.1 Å². The predicted molar refractivity (Wildman–Crippen MR) is 72.6 cm³/mol. The summed E-state index contributed by atoms with van der Waals surface area (Å²) in [7, 11) is 0. The second-order valence-electron chi connectivity index (χ2n) is 3.18. The van der Waals surface area contributed by atoms with Crippen LogP contribution in [0.3, 0.4) is 0 Å². The molecule has 0 unspecified atom stereocenters. The van der Waals surface area contributed by atoms with Gasteiger partial charge in [-0.25, -0.2) is 15.8 Å². The summed E-state index contributed by atoms with van der Waals surface area (Å²) in [6, 6.07) is 3.53. The zero-order chi connectivity index (χ0) is 13.8. The fourth-order valence-electron chi connectivity index (χ4n) is 1.17. The normalized spacial score (nSPS) is 10.2. The first kappa shape index (κ1) is 13.6. The second-order valence-corrected chi connectivity index (χ2v) is 5.01. The number of nitrogens with two attached hydrogens (primary N) is 1. The van der Waals surface area contributed by atoms with Crippen molar-refractivity contribution in [3.63, 3.8) is 0 Å². The molecule has 0 bridgehead atoms. The molecule has 98 valence electrons. The Morgan fingerprint density at radius 2 is 2.21 bits per heavy atom. The third-order valence-electron chi connectivity index (χ3n) is 1.98. The van der Waals surface area contributed by atoms with E-state index in [2.05, 4.69) is 36.3 Å². The quantitative estimate of drug-likeness (QED) is 0.374. The summed E-state index contributed by atoms with van der Waals surface area (Å²) in [5.74, 6) is 5.29. The van der Waals surface area contributed by atoms with E-state index in [-0.39, 0.29) is 16.7 Å². The van der Waals surface area contributed by atoms with Crippen molar-refractivity contribution in [2.24, 2.45) is 5.84 Å². The summed E-state index contributed by atoms with van der Waals surface area (Å²) in [4.78, 5) is 22.2. The molecule has 0 saturated heterocycles. The highest BCUT2D eigenvalue weighted by molar-refractivity contribution is 9.10. The topological polar surface area (TPSA) is 120 Å². The molecule has 0 aliphatic rings. The van der Waals surface area contributed by atoms with Gasteiger partial charge in [-0.15, -0.1) is 0 Å². The van der Waals surface area contributed by atoms with Crippen molar-refractivity contribution in [1.82, 2.24) is 15.0 Å². The highest BCUT2D eigenvalue weighted by Crippen LogP contribution is 2.35. The van der Waals surface area contributed by atoms with E-state index in [9.17, 15) is 10.1 Å². The average Bonchev–Trinajstić information content (AvgIpc) is 2.41. The predicted octanol–water partition coefficient (Wildman–Crippen LogP) is 1.98. The van der Waals surface area contributed by atoms with E-state index >= 15 is 0 Å². The number of nitrogens with zero attached hydrogens (tertiary/aromatic N) is 4. The van der Waals surface area contributed by atoms with E-state index in [1.54, 1.807) is 18.3 Å². The minimum atomic E-state index is -0.556. The number of nitrogen functional groups attached to an aromatic ring is 1. The zero-order valence-corrected chi connectivity index (χ0v) is 11.7. The summed E-state index contributed by atoms with van der Waals surface area (Å²) in [5.41, 5.74) is 2.04. The van der Waals surface area contributed by atoms with Crippen molar-refractivity contribution in [2.45, 2.75) is 10.1 Å². The van der Waals surface area contributed by atoms with Gasteiger partial charge in [-0.2, -0.15) is 4.98 Å². The first-order valence-electron chi connectivity index (χ1n) is 4.88. The molecule has 0 spiro atoms. The standard InChI is InChI=1S/C9H7BrN6O2S/c10-5-2-1-3-12-7(5)19-8-6(16(17)18)4-13-9(14-8)15-11/h1-4H,11H2,(H,13,14,15). The molecular formula is C9H7BrN6O2S. The minimum absolute atomic E-state index is 0.0974. The molecule has 0 atom stereocenters. The summed E-state index contributed by atoms with van der Waals surface area (Å²) >= 11 is 4.37. The third kappa shape index (κ3) is 3.16. The molecular weight excluding hydrogens is 336 g/mol. The van der Waals surface area contributed by atoms with Crippen molar-refractivity contribution in [2.75, 3.05) is 5.43 Å². The first-order chi connectivity index (χ1) is 9.11. The van der Waals surface area contributed by atoms with Gasteiger partial charge in [0.2, 0.25) is 5.95 Å². The molecule has 3 N–H and O–H groups in total. The summed E-state index contributed by atoms with van der Waals surface area (Å²) in [6.45, 7) is 0. The molecule has 2 aromatic heterocycles. The lowest BCUT2D eigenvalue weighted by molar-refractivity contribution is -0.388. The Hall–Kier alpha value is -1.78. The number of hydrogen-bond acceptors (Lipinski definition) is 8. The number of pyridine rings is 1. The van der Waals surface area contributed by atoms with Crippen LogP contribution >= 0.6 is 27.7 Å². The lowest BCUT2D eigenvalue weighted by Gasteiger charge is -2.04. The number of rotatable bonds is 4. The van der Waals surface area contributed by atoms with E-state index in [0.717, 1.165) is 22.4 Å². The molecule has 0 aliphatic carbocycles. The van der Waals surface area contributed by atoms with Crippen LogP contribution in [0.2, 0.25) is 0 Å². The van der Waals surface area contributed by atoms with Crippen molar-refractivity contribution < 1.29 is 4.92 Å². The molecule has 0 fully saturated rings. The van der Waals surface area contributed by atoms with Gasteiger partial charge in [0.25, 0.3) is 0 Å². The number of hydrazine groups is 1. The summed E-state index contributed by atoms with van der Waals surface area (Å²) < 4.78 is 0.718. The van der Waals surface area contributed by atoms with Crippen molar-refractivity contribution >= 4 is 39.3 Å². The fraction of sp³-hybridized carbons (Fsp3) is 0. The van der Waals surface area contributed by atoms with Gasteiger partial charge in [0.05, 0.1) is 9.40 Å². The third-order valence-corrected chi connectivity index (χ3v) is 3.89. The lowest BCUT2D eigenvalue weighted by Crippen LogP contribution is -2.11. The minimum Gasteiger partial charge on any atom is -0.292 e. The van der Waals surface area contributed by atoms with Crippen LogP contribution in [-0.2, 0) is 0 Å². The number of hydrogen-bond donors (Lipinski definition) is 2. The fourth-order valence-corrected chi connectivity index (χ4v) is 2.49. The molecule has 0 amide bonds. The van der Waals surface area contributed by atoms with E-state index < -0.39 is 4.92 Å². The van der Waals surface area contributed by atoms with Crippen LogP contribution < -0.4 is 11.3 Å². The lowest BCUT2D eigenvalue weighted by atomic mass is 10.5. The number of nitro groups is 1.